The molecule has 1 N–H and O–H groups in total. The number of ether oxygens (including phenoxy) is 2. The number of amides is 1. The van der Waals surface area contributed by atoms with Crippen molar-refractivity contribution in [3.8, 4) is 17.2 Å². The van der Waals surface area contributed by atoms with Crippen LogP contribution >= 0.6 is 11.8 Å². The SMILES string of the molecule is COc1ccc(-n2c(C)cc(/C=C3/C(=N)N4N=C(C)SC4=NC3=O)c2C)c(OC)c1. The first-order chi connectivity index (χ1) is 14.3. The maximum atomic E-state index is 12.6. The molecule has 2 aliphatic heterocycles. The van der Waals surface area contributed by atoms with Crippen molar-refractivity contribution in [1.82, 2.24) is 9.58 Å². The number of hydrazone groups is 1. The van der Waals surface area contributed by atoms with Crippen molar-refractivity contribution in [2.45, 2.75) is 20.8 Å². The Hall–Kier alpha value is -3.33. The van der Waals surface area contributed by atoms with Crippen molar-refractivity contribution in [2.75, 3.05) is 14.2 Å². The molecule has 2 aliphatic rings. The van der Waals surface area contributed by atoms with Crippen LogP contribution in [0.1, 0.15) is 23.9 Å². The molecule has 30 heavy (non-hydrogen) atoms. The number of rotatable bonds is 4. The molecule has 0 radical (unpaired) electrons. The highest BCUT2D eigenvalue weighted by atomic mass is 32.2. The maximum absolute atomic E-state index is 12.6. The van der Waals surface area contributed by atoms with E-state index in [1.54, 1.807) is 20.3 Å². The predicted molar refractivity (Wildman–Crippen MR) is 119 cm³/mol. The van der Waals surface area contributed by atoms with E-state index in [9.17, 15) is 4.79 Å². The van der Waals surface area contributed by atoms with Gasteiger partial charge in [-0.3, -0.25) is 10.2 Å². The summed E-state index contributed by atoms with van der Waals surface area (Å²) in [6.45, 7) is 5.76. The first-order valence-electron chi connectivity index (χ1n) is 9.22. The molecule has 0 aliphatic carbocycles. The molecule has 8 nitrogen and oxygen atoms in total. The van der Waals surface area contributed by atoms with E-state index in [0.29, 0.717) is 16.7 Å². The molecule has 0 bridgehead atoms. The van der Waals surface area contributed by atoms with Gasteiger partial charge in [-0.05, 0) is 62.4 Å². The smallest absolute Gasteiger partial charge is 0.283 e. The number of hydrogen-bond acceptors (Lipinski definition) is 6. The molecule has 0 spiro atoms. The van der Waals surface area contributed by atoms with E-state index in [0.717, 1.165) is 27.7 Å². The van der Waals surface area contributed by atoms with Gasteiger partial charge in [0.1, 0.15) is 11.5 Å². The number of nitrogens with one attached hydrogen (secondary N) is 1. The van der Waals surface area contributed by atoms with E-state index >= 15 is 0 Å². The van der Waals surface area contributed by atoms with Crippen LogP contribution in [0.3, 0.4) is 0 Å². The molecule has 1 aromatic heterocycles. The molecule has 0 atom stereocenters. The molecule has 4 rings (SSSR count). The number of carbonyl (C=O) groups excluding carboxylic acids is 1. The Kier molecular flexibility index (Phi) is 4.98. The maximum Gasteiger partial charge on any atom is 0.283 e. The minimum absolute atomic E-state index is 0.0289. The highest BCUT2D eigenvalue weighted by molar-refractivity contribution is 8.26. The highest BCUT2D eigenvalue weighted by Gasteiger charge is 2.34. The van der Waals surface area contributed by atoms with Crippen LogP contribution < -0.4 is 9.47 Å². The van der Waals surface area contributed by atoms with E-state index < -0.39 is 5.91 Å². The summed E-state index contributed by atoms with van der Waals surface area (Å²) < 4.78 is 12.9. The van der Waals surface area contributed by atoms with Gasteiger partial charge in [-0.15, -0.1) is 0 Å². The first-order valence-corrected chi connectivity index (χ1v) is 10.0. The van der Waals surface area contributed by atoms with Crippen molar-refractivity contribution in [2.24, 2.45) is 10.1 Å². The van der Waals surface area contributed by atoms with Gasteiger partial charge in [0.15, 0.2) is 5.84 Å². The highest BCUT2D eigenvalue weighted by Crippen LogP contribution is 2.33. The van der Waals surface area contributed by atoms with Crippen molar-refractivity contribution >= 4 is 39.8 Å². The monoisotopic (exact) mass is 423 g/mol. The van der Waals surface area contributed by atoms with Crippen LogP contribution in [0.2, 0.25) is 0 Å². The summed E-state index contributed by atoms with van der Waals surface area (Å²) in [6, 6.07) is 7.60. The average molecular weight is 423 g/mol. The Morgan fingerprint density at radius 1 is 1.13 bits per heavy atom. The summed E-state index contributed by atoms with van der Waals surface area (Å²) >= 11 is 1.29. The number of thioether (sulfide) groups is 1. The lowest BCUT2D eigenvalue weighted by Gasteiger charge is -2.20. The summed E-state index contributed by atoms with van der Waals surface area (Å²) in [7, 11) is 3.23. The minimum Gasteiger partial charge on any atom is -0.497 e. The van der Waals surface area contributed by atoms with Crippen LogP contribution in [-0.2, 0) is 4.79 Å². The van der Waals surface area contributed by atoms with Gasteiger partial charge in [0, 0.05) is 17.5 Å². The second-order valence-corrected chi connectivity index (χ2v) is 8.00. The van der Waals surface area contributed by atoms with Gasteiger partial charge in [-0.25, -0.2) is 0 Å². The van der Waals surface area contributed by atoms with Crippen LogP contribution in [0.5, 0.6) is 11.5 Å². The topological polar surface area (TPSA) is 92.3 Å². The third-order valence-electron chi connectivity index (χ3n) is 4.95. The normalized spacial score (nSPS) is 17.2. The molecular formula is C21H21N5O3S. The Labute approximate surface area is 178 Å². The molecule has 1 amide bonds. The molecule has 2 aromatic rings. The lowest BCUT2D eigenvalue weighted by molar-refractivity contribution is -0.114. The van der Waals surface area contributed by atoms with E-state index in [4.69, 9.17) is 14.9 Å². The predicted octanol–water partition coefficient (Wildman–Crippen LogP) is 3.75. The van der Waals surface area contributed by atoms with Gasteiger partial charge in [-0.1, -0.05) is 0 Å². The zero-order valence-electron chi connectivity index (χ0n) is 17.3. The number of fused-ring (bicyclic) bond motifs is 1. The van der Waals surface area contributed by atoms with Gasteiger partial charge in [0.05, 0.1) is 30.5 Å². The van der Waals surface area contributed by atoms with Crippen LogP contribution in [0.15, 0.2) is 39.9 Å². The van der Waals surface area contributed by atoms with Gasteiger partial charge in [0.25, 0.3) is 5.91 Å². The summed E-state index contributed by atoms with van der Waals surface area (Å²) in [5.41, 5.74) is 3.77. The van der Waals surface area contributed by atoms with Gasteiger partial charge < -0.3 is 14.0 Å². The van der Waals surface area contributed by atoms with Crippen LogP contribution in [0.4, 0.5) is 0 Å². The van der Waals surface area contributed by atoms with Gasteiger partial charge in [-0.2, -0.15) is 15.1 Å². The molecule has 0 saturated heterocycles. The first kappa shape index (κ1) is 20.0. The van der Waals surface area contributed by atoms with Crippen molar-refractivity contribution < 1.29 is 14.3 Å². The van der Waals surface area contributed by atoms with Crippen molar-refractivity contribution in [3.63, 3.8) is 0 Å². The molecule has 0 fully saturated rings. The number of benzene rings is 1. The van der Waals surface area contributed by atoms with E-state index in [2.05, 4.69) is 10.1 Å². The molecule has 1 aromatic carbocycles. The molecule has 0 saturated carbocycles. The van der Waals surface area contributed by atoms with E-state index in [-0.39, 0.29) is 11.4 Å². The standard InChI is InChI=1S/C21H21N5O3S/c1-11-8-14(9-16-19(22)26-21(23-20(16)27)30-13(3)24-26)12(2)25(11)17-7-6-15(28-4)10-18(17)29-5/h6-10,22H,1-5H3/b16-9-,22-19?. The summed E-state index contributed by atoms with van der Waals surface area (Å²) in [5, 5.41) is 15.3. The van der Waals surface area contributed by atoms with Crippen LogP contribution in [0.25, 0.3) is 11.8 Å². The minimum atomic E-state index is -0.435. The third kappa shape index (κ3) is 3.21. The van der Waals surface area contributed by atoms with Gasteiger partial charge in [0.2, 0.25) is 5.17 Å². The van der Waals surface area contributed by atoms with Gasteiger partial charge >= 0.3 is 0 Å². The lowest BCUT2D eigenvalue weighted by Crippen LogP contribution is -2.35. The Morgan fingerprint density at radius 2 is 1.90 bits per heavy atom. The van der Waals surface area contributed by atoms with E-state index in [1.807, 2.05) is 49.6 Å². The largest absolute Gasteiger partial charge is 0.497 e. The number of aryl methyl sites for hydroxylation is 1. The number of carbonyl (C=O) groups is 1. The fraction of sp³-hybridized carbons (Fsp3) is 0.238. The molecular weight excluding hydrogens is 402 g/mol. The second-order valence-electron chi connectivity index (χ2n) is 6.84. The molecule has 0 unspecified atom stereocenters. The van der Waals surface area contributed by atoms with Crippen molar-refractivity contribution in [1.29, 1.82) is 5.41 Å². The molecule has 154 valence electrons. The summed E-state index contributed by atoms with van der Waals surface area (Å²) in [5.74, 6) is 0.969. The summed E-state index contributed by atoms with van der Waals surface area (Å²) in [6.07, 6.45) is 1.70. The van der Waals surface area contributed by atoms with E-state index in [1.165, 1.54) is 16.8 Å². The average Bonchev–Trinajstić information content (AvgIpc) is 3.23. The Bertz CT molecular complexity index is 1180. The second kappa shape index (κ2) is 7.49. The lowest BCUT2D eigenvalue weighted by atomic mass is 10.1. The molecule has 3 heterocycles. The number of aliphatic imine (C=N–C) groups is 1. The summed E-state index contributed by atoms with van der Waals surface area (Å²) in [4.78, 5) is 16.7. The quantitative estimate of drug-likeness (QED) is 0.756. The zero-order valence-corrected chi connectivity index (χ0v) is 18.1. The van der Waals surface area contributed by atoms with Crippen LogP contribution in [0, 0.1) is 19.3 Å². The fourth-order valence-corrected chi connectivity index (χ4v) is 4.25. The number of hydrogen-bond donors (Lipinski definition) is 1. The Balaban J connectivity index is 1.79. The third-order valence-corrected chi connectivity index (χ3v) is 5.78. The number of aromatic nitrogens is 1. The van der Waals surface area contributed by atoms with Crippen LogP contribution in [-0.4, -0.2) is 45.7 Å². The Morgan fingerprint density at radius 3 is 2.60 bits per heavy atom. The van der Waals surface area contributed by atoms with Crippen molar-refractivity contribution in [3.05, 3.63) is 46.8 Å². The number of amidine groups is 2. The zero-order chi connectivity index (χ0) is 21.6. The number of nitrogens with zero attached hydrogens (tertiary/aromatic N) is 4. The fourth-order valence-electron chi connectivity index (χ4n) is 3.52. The molecule has 9 heteroatoms. The number of methoxy groups -OCH3 is 2.